The Morgan fingerprint density at radius 3 is 2.37 bits per heavy atom. The molecule has 2 fully saturated rings. The van der Waals surface area contributed by atoms with Crippen molar-refractivity contribution in [3.63, 3.8) is 0 Å². The Bertz CT molecular complexity index is 760. The van der Waals surface area contributed by atoms with Gasteiger partial charge < -0.3 is 4.90 Å². The summed E-state index contributed by atoms with van der Waals surface area (Å²) in [5.41, 5.74) is 8.90. The first-order chi connectivity index (χ1) is 13.2. The zero-order valence-electron chi connectivity index (χ0n) is 15.3. The number of carbonyl (C=O) groups is 1. The number of amides is 1. The average Bonchev–Trinajstić information content (AvgIpc) is 3.20. The minimum atomic E-state index is -0.175. The Balaban J connectivity index is 1.28. The second-order valence-electron chi connectivity index (χ2n) is 7.27. The van der Waals surface area contributed by atoms with Gasteiger partial charge in [0.05, 0.1) is 0 Å². The quantitative estimate of drug-likeness (QED) is 0.850. The third-order valence-corrected chi connectivity index (χ3v) is 5.66. The molecule has 142 valence electrons. The van der Waals surface area contributed by atoms with Gasteiger partial charge in [-0.1, -0.05) is 54.1 Å². The summed E-state index contributed by atoms with van der Waals surface area (Å²) in [5, 5.41) is 0.728. The third kappa shape index (κ3) is 4.50. The molecule has 0 aromatic heterocycles. The lowest BCUT2D eigenvalue weighted by Crippen LogP contribution is -2.53. The highest BCUT2D eigenvalue weighted by molar-refractivity contribution is 6.30. The van der Waals surface area contributed by atoms with E-state index in [1.165, 1.54) is 5.56 Å². The average molecular weight is 385 g/mol. The van der Waals surface area contributed by atoms with E-state index in [-0.39, 0.29) is 18.0 Å². The van der Waals surface area contributed by atoms with Gasteiger partial charge >= 0.3 is 0 Å². The monoisotopic (exact) mass is 384 g/mol. The second-order valence-corrected chi connectivity index (χ2v) is 7.70. The van der Waals surface area contributed by atoms with E-state index in [2.05, 4.69) is 40.0 Å². The van der Waals surface area contributed by atoms with Crippen LogP contribution >= 0.6 is 11.6 Å². The van der Waals surface area contributed by atoms with E-state index in [4.69, 9.17) is 11.6 Å². The molecule has 0 bridgehead atoms. The van der Waals surface area contributed by atoms with Crippen molar-refractivity contribution in [2.75, 3.05) is 26.2 Å². The predicted molar refractivity (Wildman–Crippen MR) is 107 cm³/mol. The molecule has 4 rings (SSSR count). The lowest BCUT2D eigenvalue weighted by Gasteiger charge is -2.35. The first-order valence-electron chi connectivity index (χ1n) is 9.50. The van der Waals surface area contributed by atoms with Gasteiger partial charge in [-0.3, -0.25) is 9.69 Å². The van der Waals surface area contributed by atoms with Crippen LogP contribution in [-0.2, 0) is 11.3 Å². The zero-order valence-corrected chi connectivity index (χ0v) is 16.0. The van der Waals surface area contributed by atoms with E-state index in [9.17, 15) is 4.79 Å². The van der Waals surface area contributed by atoms with Crippen molar-refractivity contribution in [3.8, 4) is 0 Å². The normalized spacial score (nSPS) is 23.5. The molecule has 2 saturated heterocycles. The summed E-state index contributed by atoms with van der Waals surface area (Å²) >= 11 is 5.96. The summed E-state index contributed by atoms with van der Waals surface area (Å²) in [5.74, 6) is 0.193. The standard InChI is InChI=1S/C21H25ClN4O/c22-18-8-6-17(7-9-18)19-14-20(24-23-19)21(27)26-12-10-25(11-13-26)15-16-4-2-1-3-5-16/h1-9,19-20,23-24H,10-15H2. The maximum absolute atomic E-state index is 12.9. The molecule has 2 aliphatic rings. The molecule has 2 atom stereocenters. The maximum Gasteiger partial charge on any atom is 0.241 e. The van der Waals surface area contributed by atoms with E-state index < -0.39 is 0 Å². The molecule has 0 saturated carbocycles. The Morgan fingerprint density at radius 2 is 1.67 bits per heavy atom. The van der Waals surface area contributed by atoms with Crippen LogP contribution in [0.3, 0.4) is 0 Å². The molecular formula is C21H25ClN4O. The van der Waals surface area contributed by atoms with Crippen molar-refractivity contribution in [1.29, 1.82) is 0 Å². The van der Waals surface area contributed by atoms with Crippen LogP contribution < -0.4 is 10.9 Å². The highest BCUT2D eigenvalue weighted by atomic mass is 35.5. The van der Waals surface area contributed by atoms with Crippen molar-refractivity contribution in [3.05, 3.63) is 70.7 Å². The highest BCUT2D eigenvalue weighted by Gasteiger charge is 2.34. The summed E-state index contributed by atoms with van der Waals surface area (Å²) in [7, 11) is 0. The molecule has 2 N–H and O–H groups in total. The van der Waals surface area contributed by atoms with Crippen LogP contribution in [0.25, 0.3) is 0 Å². The van der Waals surface area contributed by atoms with Crippen LogP contribution in [0.1, 0.15) is 23.6 Å². The van der Waals surface area contributed by atoms with Crippen LogP contribution in [0, 0.1) is 0 Å². The van der Waals surface area contributed by atoms with Gasteiger partial charge in [0.1, 0.15) is 6.04 Å². The number of hydrazine groups is 1. The number of nitrogens with zero attached hydrogens (tertiary/aromatic N) is 2. The molecule has 6 heteroatoms. The number of hydrogen-bond donors (Lipinski definition) is 2. The first kappa shape index (κ1) is 18.4. The molecule has 27 heavy (non-hydrogen) atoms. The Hall–Kier alpha value is -1.92. The van der Waals surface area contributed by atoms with E-state index >= 15 is 0 Å². The second kappa shape index (κ2) is 8.40. The number of carbonyl (C=O) groups excluding carboxylic acids is 1. The van der Waals surface area contributed by atoms with Gasteiger partial charge in [-0.25, -0.2) is 10.9 Å². The van der Waals surface area contributed by atoms with Gasteiger partial charge in [0.25, 0.3) is 0 Å². The fourth-order valence-corrected chi connectivity index (χ4v) is 3.95. The van der Waals surface area contributed by atoms with E-state index in [0.717, 1.165) is 49.7 Å². The SMILES string of the molecule is O=C(C1CC(c2ccc(Cl)cc2)NN1)N1CCN(Cc2ccccc2)CC1. The number of rotatable bonds is 4. The van der Waals surface area contributed by atoms with E-state index in [0.29, 0.717) is 0 Å². The van der Waals surface area contributed by atoms with Crippen LogP contribution in [-0.4, -0.2) is 47.9 Å². The van der Waals surface area contributed by atoms with Gasteiger partial charge in [-0.2, -0.15) is 0 Å². The molecule has 2 aliphatic heterocycles. The summed E-state index contributed by atoms with van der Waals surface area (Å²) in [4.78, 5) is 17.3. The highest BCUT2D eigenvalue weighted by Crippen LogP contribution is 2.24. The fourth-order valence-electron chi connectivity index (χ4n) is 3.82. The number of nitrogens with one attached hydrogen (secondary N) is 2. The van der Waals surface area contributed by atoms with Gasteiger partial charge in [-0.15, -0.1) is 0 Å². The molecule has 2 heterocycles. The lowest BCUT2D eigenvalue weighted by molar-refractivity contribution is -0.135. The third-order valence-electron chi connectivity index (χ3n) is 5.41. The van der Waals surface area contributed by atoms with E-state index in [1.807, 2.05) is 35.2 Å². The first-order valence-corrected chi connectivity index (χ1v) is 9.88. The zero-order chi connectivity index (χ0) is 18.6. The predicted octanol–water partition coefficient (Wildman–Crippen LogP) is 2.59. The van der Waals surface area contributed by atoms with Crippen LogP contribution in [0.5, 0.6) is 0 Å². The smallest absolute Gasteiger partial charge is 0.241 e. The molecule has 1 amide bonds. The number of piperazine rings is 1. The minimum Gasteiger partial charge on any atom is -0.339 e. The molecule has 2 unspecified atom stereocenters. The number of halogens is 1. The minimum absolute atomic E-state index is 0.135. The Kier molecular flexibility index (Phi) is 5.74. The van der Waals surface area contributed by atoms with E-state index in [1.54, 1.807) is 0 Å². The van der Waals surface area contributed by atoms with Crippen molar-refractivity contribution in [2.45, 2.75) is 25.0 Å². The van der Waals surface area contributed by atoms with Crippen molar-refractivity contribution in [1.82, 2.24) is 20.7 Å². The summed E-state index contributed by atoms with van der Waals surface area (Å²) in [6.07, 6.45) is 0.755. The van der Waals surface area contributed by atoms with Crippen LogP contribution in [0.4, 0.5) is 0 Å². The van der Waals surface area contributed by atoms with Gasteiger partial charge in [0, 0.05) is 43.8 Å². The molecule has 0 radical (unpaired) electrons. The molecular weight excluding hydrogens is 360 g/mol. The Labute approximate surface area is 165 Å². The summed E-state index contributed by atoms with van der Waals surface area (Å²) < 4.78 is 0. The van der Waals surface area contributed by atoms with Gasteiger partial charge in [-0.05, 0) is 29.7 Å². The molecule has 0 spiro atoms. The van der Waals surface area contributed by atoms with Crippen molar-refractivity contribution >= 4 is 17.5 Å². The fraction of sp³-hybridized carbons (Fsp3) is 0.381. The lowest BCUT2D eigenvalue weighted by atomic mass is 10.0. The molecule has 5 nitrogen and oxygen atoms in total. The Morgan fingerprint density at radius 1 is 0.963 bits per heavy atom. The summed E-state index contributed by atoms with van der Waals surface area (Å²) in [6.45, 7) is 4.36. The van der Waals surface area contributed by atoms with Crippen LogP contribution in [0.15, 0.2) is 54.6 Å². The van der Waals surface area contributed by atoms with Gasteiger partial charge in [0.15, 0.2) is 0 Å². The van der Waals surface area contributed by atoms with Crippen LogP contribution in [0.2, 0.25) is 5.02 Å². The number of hydrogen-bond acceptors (Lipinski definition) is 4. The van der Waals surface area contributed by atoms with Crippen molar-refractivity contribution in [2.24, 2.45) is 0 Å². The number of benzene rings is 2. The summed E-state index contributed by atoms with van der Waals surface area (Å²) in [6, 6.07) is 18.3. The molecule has 2 aromatic rings. The topological polar surface area (TPSA) is 47.6 Å². The molecule has 2 aromatic carbocycles. The maximum atomic E-state index is 12.9. The largest absolute Gasteiger partial charge is 0.339 e. The van der Waals surface area contributed by atoms with Gasteiger partial charge in [0.2, 0.25) is 5.91 Å². The van der Waals surface area contributed by atoms with Crippen molar-refractivity contribution < 1.29 is 4.79 Å². The molecule has 0 aliphatic carbocycles.